The Morgan fingerprint density at radius 3 is 2.21 bits per heavy atom. The molecule has 2 N–H and O–H groups in total. The number of rotatable bonds is 2. The third-order valence-corrected chi connectivity index (χ3v) is 4.21. The largest absolute Gasteiger partial charge is 0.480 e. The van der Waals surface area contributed by atoms with Crippen molar-refractivity contribution >= 4 is 18.7 Å². The number of benzene rings is 1. The van der Waals surface area contributed by atoms with Crippen LogP contribution < -0.4 is 5.73 Å². The van der Waals surface area contributed by atoms with Crippen molar-refractivity contribution in [3.8, 4) is 0 Å². The predicted octanol–water partition coefficient (Wildman–Crippen LogP) is 3.11. The molecule has 1 aliphatic rings. The van der Waals surface area contributed by atoms with Gasteiger partial charge in [-0.25, -0.2) is 4.39 Å². The topological polar surface area (TPSA) is 44.5 Å². The van der Waals surface area contributed by atoms with Gasteiger partial charge in [-0.2, -0.15) is 0 Å². The minimum Gasteiger partial charge on any atom is -0.402 e. The van der Waals surface area contributed by atoms with Crippen molar-refractivity contribution < 1.29 is 13.7 Å². The molecule has 1 unspecified atom stereocenters. The molecule has 104 valence electrons. The molecule has 1 saturated heterocycles. The second kappa shape index (κ2) is 4.74. The van der Waals surface area contributed by atoms with Crippen LogP contribution in [-0.4, -0.2) is 18.3 Å². The lowest BCUT2D eigenvalue weighted by Gasteiger charge is -2.32. The minimum atomic E-state index is -0.604. The Kier molecular flexibility index (Phi) is 3.69. The number of hydrogen-bond donors (Lipinski definition) is 1. The molecule has 0 amide bonds. The number of halogens is 2. The van der Waals surface area contributed by atoms with Crippen LogP contribution in [0.2, 0.25) is 5.02 Å². The summed E-state index contributed by atoms with van der Waals surface area (Å²) in [5.41, 5.74) is 5.84. The van der Waals surface area contributed by atoms with Gasteiger partial charge >= 0.3 is 7.12 Å². The van der Waals surface area contributed by atoms with E-state index in [1.165, 1.54) is 12.1 Å². The predicted molar refractivity (Wildman–Crippen MR) is 74.4 cm³/mol. The SMILES string of the molecule is CC1(C)OB(C(N)c2ccc(F)cc2Cl)OC1(C)C. The lowest BCUT2D eigenvalue weighted by Crippen LogP contribution is -2.41. The van der Waals surface area contributed by atoms with Gasteiger partial charge in [0.1, 0.15) is 5.82 Å². The van der Waals surface area contributed by atoms with Crippen LogP contribution in [0, 0.1) is 5.82 Å². The van der Waals surface area contributed by atoms with E-state index in [-0.39, 0.29) is 5.02 Å². The van der Waals surface area contributed by atoms with E-state index < -0.39 is 30.1 Å². The number of hydrogen-bond acceptors (Lipinski definition) is 3. The molecule has 2 rings (SSSR count). The van der Waals surface area contributed by atoms with Gasteiger partial charge in [-0.15, -0.1) is 0 Å². The molecule has 1 aromatic rings. The van der Waals surface area contributed by atoms with Crippen LogP contribution in [0.25, 0.3) is 0 Å². The zero-order valence-corrected chi connectivity index (χ0v) is 12.3. The van der Waals surface area contributed by atoms with Crippen LogP contribution in [0.5, 0.6) is 0 Å². The summed E-state index contributed by atoms with van der Waals surface area (Å²) in [6.07, 6.45) is 0. The average Bonchev–Trinajstić information content (AvgIpc) is 2.47. The smallest absolute Gasteiger partial charge is 0.402 e. The van der Waals surface area contributed by atoms with Gasteiger partial charge in [-0.3, -0.25) is 0 Å². The van der Waals surface area contributed by atoms with Gasteiger partial charge in [0.05, 0.1) is 17.1 Å². The van der Waals surface area contributed by atoms with Crippen molar-refractivity contribution in [1.82, 2.24) is 0 Å². The lowest BCUT2D eigenvalue weighted by molar-refractivity contribution is 0.00578. The van der Waals surface area contributed by atoms with E-state index in [0.717, 1.165) is 0 Å². The van der Waals surface area contributed by atoms with Crippen molar-refractivity contribution in [3.05, 3.63) is 34.6 Å². The van der Waals surface area contributed by atoms with Crippen molar-refractivity contribution in [2.45, 2.75) is 44.8 Å². The highest BCUT2D eigenvalue weighted by Crippen LogP contribution is 2.40. The molecule has 1 aromatic carbocycles. The van der Waals surface area contributed by atoms with Gasteiger partial charge in [0, 0.05) is 5.02 Å². The third kappa shape index (κ3) is 2.65. The maximum Gasteiger partial charge on any atom is 0.480 e. The summed E-state index contributed by atoms with van der Waals surface area (Å²) < 4.78 is 24.8. The van der Waals surface area contributed by atoms with Gasteiger partial charge in [0.2, 0.25) is 0 Å². The van der Waals surface area contributed by atoms with Crippen molar-refractivity contribution in [2.75, 3.05) is 0 Å². The second-order valence-electron chi connectivity index (χ2n) is 5.82. The summed E-state index contributed by atoms with van der Waals surface area (Å²) in [5.74, 6) is -0.955. The van der Waals surface area contributed by atoms with Crippen LogP contribution in [-0.2, 0) is 9.31 Å². The Morgan fingerprint density at radius 1 is 1.21 bits per heavy atom. The highest BCUT2D eigenvalue weighted by atomic mass is 35.5. The Morgan fingerprint density at radius 2 is 1.74 bits per heavy atom. The maximum absolute atomic E-state index is 13.0. The van der Waals surface area contributed by atoms with Gasteiger partial charge in [0.15, 0.2) is 0 Å². The van der Waals surface area contributed by atoms with E-state index in [1.807, 2.05) is 27.7 Å². The monoisotopic (exact) mass is 285 g/mol. The molecular weight excluding hydrogens is 267 g/mol. The van der Waals surface area contributed by atoms with Crippen LogP contribution in [0.3, 0.4) is 0 Å². The van der Waals surface area contributed by atoms with Gasteiger partial charge < -0.3 is 15.0 Å². The fourth-order valence-electron chi connectivity index (χ4n) is 1.95. The third-order valence-electron chi connectivity index (χ3n) is 3.89. The van der Waals surface area contributed by atoms with Crippen LogP contribution in [0.4, 0.5) is 4.39 Å². The van der Waals surface area contributed by atoms with Crippen molar-refractivity contribution in [1.29, 1.82) is 0 Å². The van der Waals surface area contributed by atoms with E-state index >= 15 is 0 Å². The molecule has 0 radical (unpaired) electrons. The molecule has 1 heterocycles. The molecule has 3 nitrogen and oxygen atoms in total. The van der Waals surface area contributed by atoms with Gasteiger partial charge in [0.25, 0.3) is 0 Å². The Balaban J connectivity index is 2.24. The van der Waals surface area contributed by atoms with Crippen LogP contribution >= 0.6 is 11.6 Å². The highest BCUT2D eigenvalue weighted by Gasteiger charge is 2.53. The maximum atomic E-state index is 13.0. The van der Waals surface area contributed by atoms with Gasteiger partial charge in [-0.05, 0) is 45.4 Å². The van der Waals surface area contributed by atoms with Crippen LogP contribution in [0.1, 0.15) is 39.2 Å². The molecule has 0 saturated carbocycles. The highest BCUT2D eigenvalue weighted by molar-refractivity contribution is 6.48. The van der Waals surface area contributed by atoms with E-state index in [4.69, 9.17) is 26.6 Å². The summed E-state index contributed by atoms with van der Waals surface area (Å²) in [6.45, 7) is 7.80. The standard InChI is InChI=1S/C13H18BClFNO2/c1-12(2)13(3,4)19-14(18-12)11(17)9-6-5-8(16)7-10(9)15/h5-7,11H,17H2,1-4H3. The van der Waals surface area contributed by atoms with E-state index in [9.17, 15) is 4.39 Å². The molecular formula is C13H18BClFNO2. The summed E-state index contributed by atoms with van der Waals surface area (Å²) >= 11 is 6.01. The summed E-state index contributed by atoms with van der Waals surface area (Å²) in [4.78, 5) is 0. The normalized spacial score (nSPS) is 22.6. The molecule has 1 fully saturated rings. The van der Waals surface area contributed by atoms with Crippen molar-refractivity contribution in [3.63, 3.8) is 0 Å². The molecule has 6 heteroatoms. The number of nitrogens with two attached hydrogens (primary N) is 1. The average molecular weight is 286 g/mol. The fourth-order valence-corrected chi connectivity index (χ4v) is 2.25. The second-order valence-corrected chi connectivity index (χ2v) is 6.22. The zero-order chi connectivity index (χ0) is 14.4. The lowest BCUT2D eigenvalue weighted by atomic mass is 9.75. The van der Waals surface area contributed by atoms with Crippen molar-refractivity contribution in [2.24, 2.45) is 5.73 Å². The summed E-state index contributed by atoms with van der Waals surface area (Å²) in [5, 5.41) is 0.280. The quantitative estimate of drug-likeness (QED) is 0.849. The minimum absolute atomic E-state index is 0.280. The molecule has 1 aliphatic heterocycles. The molecule has 0 bridgehead atoms. The molecule has 19 heavy (non-hydrogen) atoms. The van der Waals surface area contributed by atoms with E-state index in [1.54, 1.807) is 6.07 Å². The van der Waals surface area contributed by atoms with Crippen LogP contribution in [0.15, 0.2) is 18.2 Å². The Bertz CT molecular complexity index is 480. The van der Waals surface area contributed by atoms with Gasteiger partial charge in [-0.1, -0.05) is 17.7 Å². The molecule has 0 aliphatic carbocycles. The first-order chi connectivity index (χ1) is 8.64. The first kappa shape index (κ1) is 14.8. The van der Waals surface area contributed by atoms with E-state index in [0.29, 0.717) is 5.56 Å². The summed E-state index contributed by atoms with van der Waals surface area (Å²) in [7, 11) is -0.604. The first-order valence-electron chi connectivity index (χ1n) is 6.20. The Hall–Kier alpha value is -0.615. The van der Waals surface area contributed by atoms with E-state index in [2.05, 4.69) is 0 Å². The molecule has 0 spiro atoms. The first-order valence-corrected chi connectivity index (χ1v) is 6.58. The zero-order valence-electron chi connectivity index (χ0n) is 11.5. The molecule has 1 atom stereocenters. The summed E-state index contributed by atoms with van der Waals surface area (Å²) in [6, 6.07) is 4.13. The fraction of sp³-hybridized carbons (Fsp3) is 0.538. The molecule has 0 aromatic heterocycles. The Labute approximate surface area is 118 Å².